The van der Waals surface area contributed by atoms with Crippen LogP contribution in [0.2, 0.25) is 10.0 Å². The van der Waals surface area contributed by atoms with Gasteiger partial charge in [0.05, 0.1) is 17.2 Å². The Bertz CT molecular complexity index is 572. The van der Waals surface area contributed by atoms with E-state index >= 15 is 0 Å². The van der Waals surface area contributed by atoms with Crippen LogP contribution in [0, 0.1) is 0 Å². The van der Waals surface area contributed by atoms with Crippen molar-refractivity contribution >= 4 is 23.2 Å². The topological polar surface area (TPSA) is 35.2 Å². The van der Waals surface area contributed by atoms with Crippen molar-refractivity contribution in [1.29, 1.82) is 0 Å². The quantitative estimate of drug-likeness (QED) is 0.915. The minimum Gasteiger partial charge on any atom is -0.496 e. The zero-order chi connectivity index (χ0) is 13.8. The lowest BCUT2D eigenvalue weighted by Gasteiger charge is -2.15. The van der Waals surface area contributed by atoms with Crippen molar-refractivity contribution in [3.05, 3.63) is 63.6 Å². The normalized spacial score (nSPS) is 12.2. The molecule has 2 aromatic rings. The Morgan fingerprint density at radius 3 is 2.53 bits per heavy atom. The van der Waals surface area contributed by atoms with Crippen molar-refractivity contribution in [2.24, 2.45) is 5.73 Å². The largest absolute Gasteiger partial charge is 0.496 e. The predicted octanol–water partition coefficient (Wildman–Crippen LogP) is 4.24. The Labute approximate surface area is 123 Å². The van der Waals surface area contributed by atoms with Gasteiger partial charge in [0.15, 0.2) is 0 Å². The van der Waals surface area contributed by atoms with Crippen molar-refractivity contribution in [2.45, 2.75) is 12.5 Å². The van der Waals surface area contributed by atoms with Gasteiger partial charge in [0.25, 0.3) is 0 Å². The summed E-state index contributed by atoms with van der Waals surface area (Å²) >= 11 is 11.9. The molecule has 0 bridgehead atoms. The fraction of sp³-hybridized carbons (Fsp3) is 0.200. The van der Waals surface area contributed by atoms with Gasteiger partial charge in [0.1, 0.15) is 5.75 Å². The fourth-order valence-electron chi connectivity index (χ4n) is 1.97. The molecule has 1 atom stereocenters. The molecule has 0 aliphatic heterocycles. The SMILES string of the molecule is COc1ccccc1CC(N)c1ccc(Cl)c(Cl)c1. The molecule has 0 spiro atoms. The molecule has 0 aromatic heterocycles. The average Bonchev–Trinajstić information content (AvgIpc) is 2.42. The lowest BCUT2D eigenvalue weighted by atomic mass is 9.99. The molecule has 0 aliphatic rings. The third-order valence-corrected chi connectivity index (χ3v) is 3.74. The summed E-state index contributed by atoms with van der Waals surface area (Å²) in [7, 11) is 1.66. The van der Waals surface area contributed by atoms with Gasteiger partial charge >= 0.3 is 0 Å². The molecule has 100 valence electrons. The second-order valence-electron chi connectivity index (χ2n) is 4.30. The van der Waals surface area contributed by atoms with Crippen LogP contribution in [-0.2, 0) is 6.42 Å². The molecule has 1 unspecified atom stereocenters. The van der Waals surface area contributed by atoms with Crippen LogP contribution in [0.4, 0.5) is 0 Å². The number of benzene rings is 2. The van der Waals surface area contributed by atoms with E-state index in [1.807, 2.05) is 36.4 Å². The van der Waals surface area contributed by atoms with E-state index in [0.717, 1.165) is 16.9 Å². The zero-order valence-electron chi connectivity index (χ0n) is 10.6. The van der Waals surface area contributed by atoms with Crippen LogP contribution in [0.25, 0.3) is 0 Å². The monoisotopic (exact) mass is 295 g/mol. The molecule has 4 heteroatoms. The Morgan fingerprint density at radius 1 is 1.11 bits per heavy atom. The van der Waals surface area contributed by atoms with Crippen molar-refractivity contribution in [3.63, 3.8) is 0 Å². The highest BCUT2D eigenvalue weighted by Gasteiger charge is 2.11. The van der Waals surface area contributed by atoms with Crippen LogP contribution in [0.1, 0.15) is 17.2 Å². The van der Waals surface area contributed by atoms with E-state index in [4.69, 9.17) is 33.7 Å². The highest BCUT2D eigenvalue weighted by molar-refractivity contribution is 6.42. The molecular formula is C15H15Cl2NO. The van der Waals surface area contributed by atoms with E-state index in [0.29, 0.717) is 16.5 Å². The summed E-state index contributed by atoms with van der Waals surface area (Å²) in [6.07, 6.45) is 0.683. The molecule has 2 nitrogen and oxygen atoms in total. The van der Waals surface area contributed by atoms with E-state index in [9.17, 15) is 0 Å². The second kappa shape index (κ2) is 6.29. The van der Waals surface area contributed by atoms with Gasteiger partial charge in [-0.1, -0.05) is 47.5 Å². The average molecular weight is 296 g/mol. The summed E-state index contributed by atoms with van der Waals surface area (Å²) < 4.78 is 5.32. The van der Waals surface area contributed by atoms with Gasteiger partial charge in [-0.3, -0.25) is 0 Å². The lowest BCUT2D eigenvalue weighted by Crippen LogP contribution is -2.13. The zero-order valence-corrected chi connectivity index (χ0v) is 12.1. The Morgan fingerprint density at radius 2 is 1.84 bits per heavy atom. The molecule has 0 fully saturated rings. The van der Waals surface area contributed by atoms with Crippen LogP contribution in [0.3, 0.4) is 0 Å². The van der Waals surface area contributed by atoms with E-state index in [-0.39, 0.29) is 6.04 Å². The molecule has 19 heavy (non-hydrogen) atoms. The molecule has 2 aromatic carbocycles. The third kappa shape index (κ3) is 3.41. The summed E-state index contributed by atoms with van der Waals surface area (Å²) in [4.78, 5) is 0. The molecule has 0 amide bonds. The lowest BCUT2D eigenvalue weighted by molar-refractivity contribution is 0.408. The molecule has 0 saturated carbocycles. The first kappa shape index (κ1) is 14.2. The van der Waals surface area contributed by atoms with Gasteiger partial charge in [-0.15, -0.1) is 0 Å². The number of nitrogens with two attached hydrogens (primary N) is 1. The summed E-state index contributed by atoms with van der Waals surface area (Å²) in [5.41, 5.74) is 8.24. The summed E-state index contributed by atoms with van der Waals surface area (Å²) in [6.45, 7) is 0. The Hall–Kier alpha value is -1.22. The van der Waals surface area contributed by atoms with Crippen LogP contribution in [0.15, 0.2) is 42.5 Å². The van der Waals surface area contributed by atoms with Crippen LogP contribution < -0.4 is 10.5 Å². The maximum atomic E-state index is 6.21. The molecule has 0 saturated heterocycles. The minimum atomic E-state index is -0.147. The highest BCUT2D eigenvalue weighted by atomic mass is 35.5. The summed E-state index contributed by atoms with van der Waals surface area (Å²) in [6, 6.07) is 13.2. The van der Waals surface area contributed by atoms with E-state index in [1.165, 1.54) is 0 Å². The number of halogens is 2. The van der Waals surface area contributed by atoms with Gasteiger partial charge in [-0.2, -0.15) is 0 Å². The van der Waals surface area contributed by atoms with Crippen LogP contribution in [-0.4, -0.2) is 7.11 Å². The number of methoxy groups -OCH3 is 1. The first-order chi connectivity index (χ1) is 9.11. The van der Waals surface area contributed by atoms with E-state index in [2.05, 4.69) is 0 Å². The molecule has 0 aliphatic carbocycles. The van der Waals surface area contributed by atoms with Gasteiger partial charge in [0.2, 0.25) is 0 Å². The molecule has 2 N–H and O–H groups in total. The number of hydrogen-bond acceptors (Lipinski definition) is 2. The van der Waals surface area contributed by atoms with Gasteiger partial charge in [-0.05, 0) is 35.7 Å². The van der Waals surface area contributed by atoms with E-state index < -0.39 is 0 Å². The Balaban J connectivity index is 2.20. The third-order valence-electron chi connectivity index (χ3n) is 3.00. The first-order valence-corrected chi connectivity index (χ1v) is 6.70. The number of rotatable bonds is 4. The molecular weight excluding hydrogens is 281 g/mol. The van der Waals surface area contributed by atoms with Gasteiger partial charge in [-0.25, -0.2) is 0 Å². The smallest absolute Gasteiger partial charge is 0.122 e. The van der Waals surface area contributed by atoms with Crippen molar-refractivity contribution in [3.8, 4) is 5.75 Å². The van der Waals surface area contributed by atoms with E-state index in [1.54, 1.807) is 13.2 Å². The molecule has 0 heterocycles. The van der Waals surface area contributed by atoms with Gasteiger partial charge < -0.3 is 10.5 Å². The van der Waals surface area contributed by atoms with Crippen LogP contribution in [0.5, 0.6) is 5.75 Å². The minimum absolute atomic E-state index is 0.147. The maximum absolute atomic E-state index is 6.21. The standard InChI is InChI=1S/C15H15Cl2NO/c1-19-15-5-3-2-4-11(15)9-14(18)10-6-7-12(16)13(17)8-10/h2-8,14H,9,18H2,1H3. The van der Waals surface area contributed by atoms with Gasteiger partial charge in [0, 0.05) is 6.04 Å². The predicted molar refractivity (Wildman–Crippen MR) is 80.1 cm³/mol. The molecule has 2 rings (SSSR count). The fourth-order valence-corrected chi connectivity index (χ4v) is 2.28. The highest BCUT2D eigenvalue weighted by Crippen LogP contribution is 2.28. The first-order valence-electron chi connectivity index (χ1n) is 5.94. The molecule has 0 radical (unpaired) electrons. The number of ether oxygens (including phenoxy) is 1. The number of para-hydroxylation sites is 1. The Kier molecular flexibility index (Phi) is 4.70. The summed E-state index contributed by atoms with van der Waals surface area (Å²) in [5, 5.41) is 1.06. The maximum Gasteiger partial charge on any atom is 0.122 e. The van der Waals surface area contributed by atoms with Crippen molar-refractivity contribution in [2.75, 3.05) is 7.11 Å². The number of hydrogen-bond donors (Lipinski definition) is 1. The summed E-state index contributed by atoms with van der Waals surface area (Å²) in [5.74, 6) is 0.845. The van der Waals surface area contributed by atoms with Crippen molar-refractivity contribution in [1.82, 2.24) is 0 Å². The second-order valence-corrected chi connectivity index (χ2v) is 5.11. The van der Waals surface area contributed by atoms with Crippen molar-refractivity contribution < 1.29 is 4.74 Å². The van der Waals surface area contributed by atoms with Crippen LogP contribution >= 0.6 is 23.2 Å².